The number of para-hydroxylation sites is 2. The van der Waals surface area contributed by atoms with E-state index in [9.17, 15) is 4.79 Å². The van der Waals surface area contributed by atoms with Crippen LogP contribution < -0.4 is 10.6 Å². The summed E-state index contributed by atoms with van der Waals surface area (Å²) < 4.78 is 7.78. The number of carbonyl (C=O) groups excluding carboxylic acids is 1. The van der Waals surface area contributed by atoms with E-state index in [1.807, 2.05) is 18.2 Å². The maximum Gasteiger partial charge on any atom is 0.257 e. The van der Waals surface area contributed by atoms with Gasteiger partial charge >= 0.3 is 0 Å². The molecule has 2 N–H and O–H groups in total. The number of imidazole rings is 1. The van der Waals surface area contributed by atoms with E-state index in [-0.39, 0.29) is 18.3 Å². The first-order valence-corrected chi connectivity index (χ1v) is 8.93. The van der Waals surface area contributed by atoms with Crippen molar-refractivity contribution in [2.24, 2.45) is 0 Å². The standard InChI is InChI=1S/C18H24N4O2.ClH/c23-17(16-12-19-10-11-24-16)21-18-20-14-8-4-5-9-15(14)22(18)13-6-2-1-3-7-13;/h4-5,8-9,13,16,19H,1-3,6-7,10-12H2,(H,20,21,23);1H. The lowest BCUT2D eigenvalue weighted by molar-refractivity contribution is -0.128. The molecule has 1 aromatic heterocycles. The average molecular weight is 365 g/mol. The van der Waals surface area contributed by atoms with Crippen molar-refractivity contribution in [1.82, 2.24) is 14.9 Å². The second-order valence-electron chi connectivity index (χ2n) is 6.64. The second-order valence-corrected chi connectivity index (χ2v) is 6.64. The third kappa shape index (κ3) is 3.81. The molecule has 2 aromatic rings. The van der Waals surface area contributed by atoms with Gasteiger partial charge in [0.2, 0.25) is 5.95 Å². The zero-order valence-electron chi connectivity index (χ0n) is 14.2. The summed E-state index contributed by atoms with van der Waals surface area (Å²) in [7, 11) is 0. The molecule has 2 heterocycles. The summed E-state index contributed by atoms with van der Waals surface area (Å²) >= 11 is 0. The number of anilines is 1. The summed E-state index contributed by atoms with van der Waals surface area (Å²) in [5.74, 6) is 0.539. The molecule has 25 heavy (non-hydrogen) atoms. The number of carbonyl (C=O) groups is 1. The Kier molecular flexibility index (Phi) is 5.93. The number of aromatic nitrogens is 2. The monoisotopic (exact) mass is 364 g/mol. The van der Waals surface area contributed by atoms with Crippen molar-refractivity contribution in [2.75, 3.05) is 25.0 Å². The Balaban J connectivity index is 0.00000182. The molecule has 1 unspecified atom stereocenters. The Bertz CT molecular complexity index is 721. The van der Waals surface area contributed by atoms with E-state index in [1.165, 1.54) is 19.3 Å². The first kappa shape index (κ1) is 18.2. The van der Waals surface area contributed by atoms with E-state index < -0.39 is 6.10 Å². The van der Waals surface area contributed by atoms with Crippen molar-refractivity contribution in [3.8, 4) is 0 Å². The molecule has 1 aliphatic heterocycles. The number of rotatable bonds is 3. The van der Waals surface area contributed by atoms with E-state index >= 15 is 0 Å². The summed E-state index contributed by atoms with van der Waals surface area (Å²) in [5.41, 5.74) is 2.03. The Morgan fingerprint density at radius 1 is 1.24 bits per heavy atom. The van der Waals surface area contributed by atoms with E-state index in [1.54, 1.807) is 0 Å². The van der Waals surface area contributed by atoms with Gasteiger partial charge in [-0.3, -0.25) is 10.1 Å². The molecule has 0 radical (unpaired) electrons. The van der Waals surface area contributed by atoms with Crippen molar-refractivity contribution < 1.29 is 9.53 Å². The highest BCUT2D eigenvalue weighted by Gasteiger charge is 2.26. The van der Waals surface area contributed by atoms with Gasteiger partial charge in [-0.1, -0.05) is 31.4 Å². The van der Waals surface area contributed by atoms with Crippen LogP contribution >= 0.6 is 12.4 Å². The fraction of sp³-hybridized carbons (Fsp3) is 0.556. The SMILES string of the molecule is Cl.O=C(Nc1nc2ccccc2n1C1CCCCC1)C1CNCCO1. The maximum atomic E-state index is 12.5. The Morgan fingerprint density at radius 2 is 2.04 bits per heavy atom. The van der Waals surface area contributed by atoms with Gasteiger partial charge in [0.05, 0.1) is 17.6 Å². The fourth-order valence-corrected chi connectivity index (χ4v) is 3.77. The van der Waals surface area contributed by atoms with Crippen LogP contribution in [0.1, 0.15) is 38.1 Å². The molecule has 1 saturated carbocycles. The molecule has 1 amide bonds. The molecule has 1 saturated heterocycles. The Morgan fingerprint density at radius 3 is 2.80 bits per heavy atom. The minimum atomic E-state index is -0.446. The van der Waals surface area contributed by atoms with Gasteiger partial charge in [0.1, 0.15) is 6.10 Å². The normalized spacial score (nSPS) is 21.7. The lowest BCUT2D eigenvalue weighted by Crippen LogP contribution is -2.45. The van der Waals surface area contributed by atoms with Crippen LogP contribution in [0.15, 0.2) is 24.3 Å². The predicted octanol–water partition coefficient (Wildman–Crippen LogP) is 2.89. The topological polar surface area (TPSA) is 68.2 Å². The summed E-state index contributed by atoms with van der Waals surface area (Å²) in [4.78, 5) is 17.2. The van der Waals surface area contributed by atoms with E-state index in [4.69, 9.17) is 4.74 Å². The molecular weight excluding hydrogens is 340 g/mol. The first-order valence-electron chi connectivity index (χ1n) is 8.93. The van der Waals surface area contributed by atoms with Gasteiger partial charge in [0.15, 0.2) is 0 Å². The van der Waals surface area contributed by atoms with E-state index in [0.717, 1.165) is 30.4 Å². The van der Waals surface area contributed by atoms with Gasteiger partial charge in [-0.25, -0.2) is 4.98 Å². The number of nitrogens with one attached hydrogen (secondary N) is 2. The third-order valence-corrected chi connectivity index (χ3v) is 4.99. The first-order chi connectivity index (χ1) is 11.8. The van der Waals surface area contributed by atoms with Crippen LogP contribution in [0.2, 0.25) is 0 Å². The van der Waals surface area contributed by atoms with Crippen LogP contribution in [-0.2, 0) is 9.53 Å². The van der Waals surface area contributed by atoms with Crippen LogP contribution in [0, 0.1) is 0 Å². The van der Waals surface area contributed by atoms with Crippen molar-refractivity contribution in [3.05, 3.63) is 24.3 Å². The summed E-state index contributed by atoms with van der Waals surface area (Å²) in [6.07, 6.45) is 5.61. The zero-order chi connectivity index (χ0) is 16.4. The average Bonchev–Trinajstić information content (AvgIpc) is 3.01. The molecule has 136 valence electrons. The molecule has 0 bridgehead atoms. The van der Waals surface area contributed by atoms with Crippen molar-refractivity contribution in [1.29, 1.82) is 0 Å². The van der Waals surface area contributed by atoms with Crippen molar-refractivity contribution in [2.45, 2.75) is 44.2 Å². The molecule has 6 nitrogen and oxygen atoms in total. The largest absolute Gasteiger partial charge is 0.366 e. The summed E-state index contributed by atoms with van der Waals surface area (Å²) in [6.45, 7) is 1.91. The fourth-order valence-electron chi connectivity index (χ4n) is 3.77. The smallest absolute Gasteiger partial charge is 0.257 e. The Hall–Kier alpha value is -1.63. The van der Waals surface area contributed by atoms with Crippen LogP contribution in [0.3, 0.4) is 0 Å². The summed E-state index contributed by atoms with van der Waals surface area (Å²) in [5, 5.41) is 6.21. The van der Waals surface area contributed by atoms with Gasteiger partial charge in [-0.2, -0.15) is 0 Å². The van der Waals surface area contributed by atoms with Crippen molar-refractivity contribution in [3.63, 3.8) is 0 Å². The minimum absolute atomic E-state index is 0. The highest BCUT2D eigenvalue weighted by Crippen LogP contribution is 2.34. The molecule has 7 heteroatoms. The quantitative estimate of drug-likeness (QED) is 0.878. The predicted molar refractivity (Wildman–Crippen MR) is 100 cm³/mol. The van der Waals surface area contributed by atoms with Crippen LogP contribution in [0.25, 0.3) is 11.0 Å². The van der Waals surface area contributed by atoms with E-state index in [0.29, 0.717) is 25.1 Å². The molecule has 4 rings (SSSR count). The number of halogens is 1. The number of hydrogen-bond donors (Lipinski definition) is 2. The molecular formula is C18H25ClN4O2. The number of fused-ring (bicyclic) bond motifs is 1. The molecule has 1 aromatic carbocycles. The molecule has 2 aliphatic rings. The van der Waals surface area contributed by atoms with Crippen LogP contribution in [0.5, 0.6) is 0 Å². The maximum absolute atomic E-state index is 12.5. The van der Waals surface area contributed by atoms with Crippen LogP contribution in [-0.4, -0.2) is 41.3 Å². The summed E-state index contributed by atoms with van der Waals surface area (Å²) in [6, 6.07) is 8.52. The van der Waals surface area contributed by atoms with Crippen molar-refractivity contribution >= 4 is 35.3 Å². The lowest BCUT2D eigenvalue weighted by atomic mass is 9.95. The van der Waals surface area contributed by atoms with Gasteiger partial charge in [-0.05, 0) is 25.0 Å². The zero-order valence-corrected chi connectivity index (χ0v) is 15.1. The molecule has 0 spiro atoms. The number of benzene rings is 1. The lowest BCUT2D eigenvalue weighted by Gasteiger charge is -2.26. The Labute approximate surface area is 153 Å². The van der Waals surface area contributed by atoms with Crippen LogP contribution in [0.4, 0.5) is 5.95 Å². The number of amides is 1. The molecule has 1 aliphatic carbocycles. The number of ether oxygens (including phenoxy) is 1. The number of hydrogen-bond acceptors (Lipinski definition) is 4. The molecule has 1 atom stereocenters. The van der Waals surface area contributed by atoms with Gasteiger partial charge in [-0.15, -0.1) is 12.4 Å². The van der Waals surface area contributed by atoms with E-state index in [2.05, 4.69) is 26.3 Å². The second kappa shape index (κ2) is 8.17. The van der Waals surface area contributed by atoms with Gasteiger partial charge in [0, 0.05) is 19.1 Å². The molecule has 2 fully saturated rings. The third-order valence-electron chi connectivity index (χ3n) is 4.99. The minimum Gasteiger partial charge on any atom is -0.366 e. The highest BCUT2D eigenvalue weighted by molar-refractivity contribution is 5.94. The highest BCUT2D eigenvalue weighted by atomic mass is 35.5. The van der Waals surface area contributed by atoms with Gasteiger partial charge < -0.3 is 14.6 Å². The van der Waals surface area contributed by atoms with Gasteiger partial charge in [0.25, 0.3) is 5.91 Å². The number of morpholine rings is 1. The number of nitrogens with zero attached hydrogens (tertiary/aromatic N) is 2.